The molecule has 1 aliphatic heterocycles. The summed E-state index contributed by atoms with van der Waals surface area (Å²) < 4.78 is 6.77. The fourth-order valence-corrected chi connectivity index (χ4v) is 2.45. The molecule has 0 saturated carbocycles. The van der Waals surface area contributed by atoms with Gasteiger partial charge in [-0.15, -0.1) is 0 Å². The minimum atomic E-state index is 0.320. The lowest BCUT2D eigenvalue weighted by molar-refractivity contribution is 0.0637. The zero-order valence-electron chi connectivity index (χ0n) is 9.17. The molecule has 4 heteroatoms. The van der Waals surface area contributed by atoms with Crippen LogP contribution < -0.4 is 5.32 Å². The number of hydrogen-bond donors (Lipinski definition) is 1. The summed E-state index contributed by atoms with van der Waals surface area (Å²) in [6.07, 6.45) is 3.01. The van der Waals surface area contributed by atoms with Gasteiger partial charge >= 0.3 is 0 Å². The zero-order valence-corrected chi connectivity index (χ0v) is 11.5. The van der Waals surface area contributed by atoms with Crippen molar-refractivity contribution in [2.24, 2.45) is 0 Å². The number of hydrogen-bond acceptors (Lipinski definition) is 2. The van der Waals surface area contributed by atoms with Crippen LogP contribution in [-0.2, 0) is 4.74 Å². The van der Waals surface area contributed by atoms with Gasteiger partial charge in [0.15, 0.2) is 0 Å². The van der Waals surface area contributed by atoms with Gasteiger partial charge in [-0.3, -0.25) is 0 Å². The molecule has 0 spiro atoms. The van der Waals surface area contributed by atoms with Gasteiger partial charge in [0.05, 0.1) is 12.2 Å². The maximum atomic E-state index is 5.94. The van der Waals surface area contributed by atoms with Crippen molar-refractivity contribution in [2.75, 3.05) is 11.9 Å². The number of benzene rings is 1. The molecular formula is C12H15BrClNO. The van der Waals surface area contributed by atoms with Crippen LogP contribution in [0, 0.1) is 0 Å². The summed E-state index contributed by atoms with van der Waals surface area (Å²) in [6, 6.07) is 5.73. The van der Waals surface area contributed by atoms with Crippen LogP contribution in [0.1, 0.15) is 19.8 Å². The summed E-state index contributed by atoms with van der Waals surface area (Å²) in [5, 5.41) is 4.10. The van der Waals surface area contributed by atoms with Crippen molar-refractivity contribution in [1.29, 1.82) is 0 Å². The normalized spacial score (nSPS) is 24.7. The summed E-state index contributed by atoms with van der Waals surface area (Å²) in [5.41, 5.74) is 1.02. The highest BCUT2D eigenvalue weighted by atomic mass is 79.9. The van der Waals surface area contributed by atoms with Crippen LogP contribution in [0.15, 0.2) is 22.7 Å². The average molecular weight is 305 g/mol. The molecule has 1 aliphatic rings. The van der Waals surface area contributed by atoms with Crippen LogP contribution >= 0.6 is 27.5 Å². The predicted molar refractivity (Wildman–Crippen MR) is 71.2 cm³/mol. The van der Waals surface area contributed by atoms with E-state index in [1.165, 1.54) is 0 Å². The molecule has 0 radical (unpaired) electrons. The molecule has 1 N–H and O–H groups in total. The Kier molecular flexibility index (Phi) is 4.11. The number of ether oxygens (including phenoxy) is 1. The minimum absolute atomic E-state index is 0.320. The van der Waals surface area contributed by atoms with Crippen molar-refractivity contribution in [3.63, 3.8) is 0 Å². The molecule has 0 aliphatic carbocycles. The van der Waals surface area contributed by atoms with E-state index in [1.807, 2.05) is 18.2 Å². The molecule has 1 fully saturated rings. The molecule has 88 valence electrons. The molecule has 2 unspecified atom stereocenters. The zero-order chi connectivity index (χ0) is 11.5. The van der Waals surface area contributed by atoms with E-state index in [9.17, 15) is 0 Å². The van der Waals surface area contributed by atoms with Gasteiger partial charge in [-0.25, -0.2) is 0 Å². The Morgan fingerprint density at radius 1 is 1.50 bits per heavy atom. The molecule has 1 aromatic carbocycles. The second-order valence-electron chi connectivity index (χ2n) is 4.15. The number of halogens is 2. The van der Waals surface area contributed by atoms with Gasteiger partial charge in [0, 0.05) is 21.7 Å². The van der Waals surface area contributed by atoms with Crippen LogP contribution in [-0.4, -0.2) is 18.8 Å². The van der Waals surface area contributed by atoms with Crippen molar-refractivity contribution < 1.29 is 4.74 Å². The lowest BCUT2D eigenvalue weighted by Gasteiger charge is -2.14. The molecule has 2 nitrogen and oxygen atoms in total. The Hall–Kier alpha value is -0.250. The topological polar surface area (TPSA) is 21.3 Å². The number of anilines is 1. The van der Waals surface area contributed by atoms with E-state index >= 15 is 0 Å². The molecule has 1 aromatic rings. The lowest BCUT2D eigenvalue weighted by Crippen LogP contribution is -2.19. The highest BCUT2D eigenvalue weighted by Gasteiger charge is 2.21. The van der Waals surface area contributed by atoms with E-state index in [0.29, 0.717) is 12.2 Å². The second-order valence-corrected chi connectivity index (χ2v) is 5.44. The van der Waals surface area contributed by atoms with Crippen LogP contribution in [0.3, 0.4) is 0 Å². The third-order valence-electron chi connectivity index (χ3n) is 2.77. The van der Waals surface area contributed by atoms with Crippen molar-refractivity contribution in [3.05, 3.63) is 27.7 Å². The van der Waals surface area contributed by atoms with E-state index < -0.39 is 0 Å². The average Bonchev–Trinajstić information content (AvgIpc) is 2.66. The van der Waals surface area contributed by atoms with Gasteiger partial charge in [-0.2, -0.15) is 0 Å². The minimum Gasteiger partial charge on any atom is -0.381 e. The van der Waals surface area contributed by atoms with Crippen LogP contribution in [0.2, 0.25) is 5.02 Å². The quantitative estimate of drug-likeness (QED) is 0.908. The van der Waals surface area contributed by atoms with Crippen molar-refractivity contribution in [1.82, 2.24) is 0 Å². The van der Waals surface area contributed by atoms with Crippen molar-refractivity contribution >= 4 is 33.2 Å². The Morgan fingerprint density at radius 2 is 2.31 bits per heavy atom. The van der Waals surface area contributed by atoms with Crippen molar-refractivity contribution in [3.8, 4) is 0 Å². The third-order valence-corrected chi connectivity index (χ3v) is 3.70. The Labute approximate surface area is 109 Å². The van der Waals surface area contributed by atoms with Gasteiger partial charge in [0.25, 0.3) is 0 Å². The monoisotopic (exact) mass is 303 g/mol. The Bertz CT molecular complexity index is 372. The molecule has 0 aromatic heterocycles. The van der Waals surface area contributed by atoms with Crippen LogP contribution in [0.25, 0.3) is 0 Å². The van der Waals surface area contributed by atoms with E-state index in [4.69, 9.17) is 16.3 Å². The molecule has 0 bridgehead atoms. The molecule has 2 atom stereocenters. The summed E-state index contributed by atoms with van der Waals surface area (Å²) >= 11 is 9.43. The molecule has 1 heterocycles. The lowest BCUT2D eigenvalue weighted by atomic mass is 10.2. The van der Waals surface area contributed by atoms with Crippen LogP contribution in [0.4, 0.5) is 5.69 Å². The maximum absolute atomic E-state index is 5.94. The predicted octanol–water partition coefficient (Wildman–Crippen LogP) is 4.08. The van der Waals surface area contributed by atoms with E-state index in [2.05, 4.69) is 28.2 Å². The first-order chi connectivity index (χ1) is 7.65. The summed E-state index contributed by atoms with van der Waals surface area (Å²) in [7, 11) is 0. The third kappa shape index (κ3) is 3.12. The Balaban J connectivity index is 1.91. The SMILES string of the molecule is CC1CCC(CNc2cc(Cl)ccc2Br)O1. The first-order valence-corrected chi connectivity index (χ1v) is 6.66. The maximum Gasteiger partial charge on any atom is 0.0751 e. The summed E-state index contributed by atoms with van der Waals surface area (Å²) in [6.45, 7) is 2.96. The van der Waals surface area contributed by atoms with E-state index in [1.54, 1.807) is 0 Å². The first kappa shape index (κ1) is 12.2. The first-order valence-electron chi connectivity index (χ1n) is 5.49. The van der Waals surface area contributed by atoms with Gasteiger partial charge in [0.1, 0.15) is 0 Å². The number of nitrogens with one attached hydrogen (secondary N) is 1. The summed E-state index contributed by atoms with van der Waals surface area (Å²) in [4.78, 5) is 0. The fraction of sp³-hybridized carbons (Fsp3) is 0.500. The largest absolute Gasteiger partial charge is 0.381 e. The molecule has 2 rings (SSSR count). The van der Waals surface area contributed by atoms with Crippen molar-refractivity contribution in [2.45, 2.75) is 32.0 Å². The second kappa shape index (κ2) is 5.39. The smallest absolute Gasteiger partial charge is 0.0751 e. The van der Waals surface area contributed by atoms with Gasteiger partial charge in [0.2, 0.25) is 0 Å². The standard InChI is InChI=1S/C12H15BrClNO/c1-8-2-4-10(16-8)7-15-12-6-9(14)3-5-11(12)13/h3,5-6,8,10,15H,2,4,7H2,1H3. The van der Waals surface area contributed by atoms with Gasteiger partial charge < -0.3 is 10.1 Å². The molecular weight excluding hydrogens is 289 g/mol. The van der Waals surface area contributed by atoms with E-state index in [-0.39, 0.29) is 0 Å². The van der Waals surface area contributed by atoms with Crippen LogP contribution in [0.5, 0.6) is 0 Å². The molecule has 0 amide bonds. The Morgan fingerprint density at radius 3 is 3.00 bits per heavy atom. The molecule has 16 heavy (non-hydrogen) atoms. The highest BCUT2D eigenvalue weighted by molar-refractivity contribution is 9.10. The highest BCUT2D eigenvalue weighted by Crippen LogP contribution is 2.27. The van der Waals surface area contributed by atoms with Gasteiger partial charge in [-0.1, -0.05) is 11.6 Å². The van der Waals surface area contributed by atoms with E-state index in [0.717, 1.165) is 34.6 Å². The summed E-state index contributed by atoms with van der Waals surface area (Å²) in [5.74, 6) is 0. The fourth-order valence-electron chi connectivity index (χ4n) is 1.89. The van der Waals surface area contributed by atoms with Gasteiger partial charge in [-0.05, 0) is 53.9 Å². The number of rotatable bonds is 3. The molecule has 1 saturated heterocycles.